The van der Waals surface area contributed by atoms with Crippen molar-refractivity contribution < 1.29 is 9.18 Å². The molecule has 31 heavy (non-hydrogen) atoms. The molecule has 1 fully saturated rings. The van der Waals surface area contributed by atoms with Crippen molar-refractivity contribution in [3.8, 4) is 6.07 Å². The summed E-state index contributed by atoms with van der Waals surface area (Å²) in [6, 6.07) is 11.6. The molecule has 0 unspecified atom stereocenters. The Morgan fingerprint density at radius 1 is 1.32 bits per heavy atom. The van der Waals surface area contributed by atoms with Gasteiger partial charge in [-0.25, -0.2) is 4.39 Å². The summed E-state index contributed by atoms with van der Waals surface area (Å²) in [6.45, 7) is 1.90. The maximum atomic E-state index is 13.2. The first kappa shape index (κ1) is 20.4. The van der Waals surface area contributed by atoms with E-state index >= 15 is 0 Å². The minimum Gasteiger partial charge on any atom is -0.365 e. The van der Waals surface area contributed by atoms with Gasteiger partial charge in [0, 0.05) is 37.7 Å². The molecule has 2 aromatic heterocycles. The van der Waals surface area contributed by atoms with E-state index in [0.717, 1.165) is 12.2 Å². The van der Waals surface area contributed by atoms with Crippen LogP contribution in [-0.2, 0) is 6.54 Å². The van der Waals surface area contributed by atoms with Gasteiger partial charge in [0.2, 0.25) is 0 Å². The highest BCUT2D eigenvalue weighted by molar-refractivity contribution is 5.98. The van der Waals surface area contributed by atoms with Crippen LogP contribution in [0.25, 0.3) is 0 Å². The molecule has 10 heteroatoms. The van der Waals surface area contributed by atoms with E-state index in [4.69, 9.17) is 5.73 Å². The topological polar surface area (TPSA) is 126 Å². The molecule has 3 heterocycles. The average molecular weight is 420 g/mol. The van der Waals surface area contributed by atoms with Crippen LogP contribution in [0.15, 0.2) is 48.8 Å². The van der Waals surface area contributed by atoms with Gasteiger partial charge in [0.25, 0.3) is 5.91 Å². The zero-order valence-corrected chi connectivity index (χ0v) is 16.6. The molecule has 9 nitrogen and oxygen atoms in total. The molecular formula is C21H21FN8O. The van der Waals surface area contributed by atoms with E-state index in [1.165, 1.54) is 12.1 Å². The predicted octanol–water partition coefficient (Wildman–Crippen LogP) is 2.24. The van der Waals surface area contributed by atoms with E-state index in [1.807, 2.05) is 12.1 Å². The Morgan fingerprint density at radius 2 is 2.13 bits per heavy atom. The average Bonchev–Trinajstić information content (AvgIpc) is 3.20. The molecule has 0 radical (unpaired) electrons. The summed E-state index contributed by atoms with van der Waals surface area (Å²) in [6.07, 6.45) is 3.87. The van der Waals surface area contributed by atoms with E-state index in [-0.39, 0.29) is 29.2 Å². The molecule has 1 amide bonds. The third-order valence-corrected chi connectivity index (χ3v) is 5.28. The maximum absolute atomic E-state index is 13.2. The van der Waals surface area contributed by atoms with Crippen LogP contribution in [0.3, 0.4) is 0 Å². The molecule has 0 aliphatic carbocycles. The standard InChI is InChI=1S/C21H21FN8O/c22-15-3-5-16(6-4-15)26-21-18(20(24)31)13-30(28-21)19-7-9-29(11-14(19)10-23)12-17-2-1-8-25-27-17/h1-6,8,13-14,19H,7,9,11-12H2,(H2,24,31)(H,26,28)/t14-,19-/m0/s1. The molecule has 1 aliphatic heterocycles. The number of anilines is 2. The highest BCUT2D eigenvalue weighted by Gasteiger charge is 2.32. The van der Waals surface area contributed by atoms with Gasteiger partial charge in [-0.3, -0.25) is 14.4 Å². The van der Waals surface area contributed by atoms with Crippen molar-refractivity contribution in [1.82, 2.24) is 24.9 Å². The van der Waals surface area contributed by atoms with Crippen LogP contribution in [0, 0.1) is 23.1 Å². The van der Waals surface area contributed by atoms with Gasteiger partial charge in [0.1, 0.15) is 11.4 Å². The van der Waals surface area contributed by atoms with Crippen molar-refractivity contribution >= 4 is 17.4 Å². The monoisotopic (exact) mass is 420 g/mol. The van der Waals surface area contributed by atoms with Gasteiger partial charge in [0.15, 0.2) is 5.82 Å². The largest absolute Gasteiger partial charge is 0.365 e. The quantitative estimate of drug-likeness (QED) is 0.626. The minimum atomic E-state index is -0.635. The molecule has 0 saturated carbocycles. The molecular weight excluding hydrogens is 399 g/mol. The molecule has 4 rings (SSSR count). The number of benzene rings is 1. The molecule has 1 saturated heterocycles. The number of hydrogen-bond acceptors (Lipinski definition) is 7. The van der Waals surface area contributed by atoms with E-state index in [2.05, 4.69) is 31.6 Å². The highest BCUT2D eigenvalue weighted by Crippen LogP contribution is 2.30. The van der Waals surface area contributed by atoms with E-state index < -0.39 is 5.91 Å². The fourth-order valence-corrected chi connectivity index (χ4v) is 3.75. The van der Waals surface area contributed by atoms with Gasteiger partial charge in [-0.2, -0.15) is 20.6 Å². The molecule has 158 valence electrons. The maximum Gasteiger partial charge on any atom is 0.254 e. The molecule has 2 atom stereocenters. The van der Waals surface area contributed by atoms with Crippen molar-refractivity contribution in [3.63, 3.8) is 0 Å². The first-order valence-corrected chi connectivity index (χ1v) is 9.83. The lowest BCUT2D eigenvalue weighted by Crippen LogP contribution is -2.40. The number of nitriles is 1. The van der Waals surface area contributed by atoms with Gasteiger partial charge in [-0.1, -0.05) is 0 Å². The number of likely N-dealkylation sites (tertiary alicyclic amines) is 1. The van der Waals surface area contributed by atoms with Crippen molar-refractivity contribution in [2.45, 2.75) is 19.0 Å². The SMILES string of the molecule is N#C[C@H]1CN(Cc2cccnn2)CC[C@@H]1n1cc(C(N)=O)c(Nc2ccc(F)cc2)n1. The van der Waals surface area contributed by atoms with Crippen molar-refractivity contribution in [2.24, 2.45) is 11.7 Å². The molecule has 0 bridgehead atoms. The molecule has 0 spiro atoms. The summed E-state index contributed by atoms with van der Waals surface area (Å²) in [4.78, 5) is 14.1. The number of rotatable bonds is 6. The number of piperidine rings is 1. The first-order chi connectivity index (χ1) is 15.0. The van der Waals surface area contributed by atoms with Crippen LogP contribution in [0.5, 0.6) is 0 Å². The third kappa shape index (κ3) is 4.67. The van der Waals surface area contributed by atoms with E-state index in [0.29, 0.717) is 25.2 Å². The number of primary amides is 1. The molecule has 3 aromatic rings. The Labute approximate surface area is 178 Å². The van der Waals surface area contributed by atoms with Crippen molar-refractivity contribution in [3.05, 3.63) is 65.9 Å². The van der Waals surface area contributed by atoms with Crippen LogP contribution < -0.4 is 11.1 Å². The number of amides is 1. The smallest absolute Gasteiger partial charge is 0.254 e. The second kappa shape index (κ2) is 8.89. The van der Waals surface area contributed by atoms with Gasteiger partial charge in [-0.15, -0.1) is 0 Å². The molecule has 1 aliphatic rings. The summed E-state index contributed by atoms with van der Waals surface area (Å²) >= 11 is 0. The van der Waals surface area contributed by atoms with Crippen molar-refractivity contribution in [2.75, 3.05) is 18.4 Å². The summed E-state index contributed by atoms with van der Waals surface area (Å²) in [5.74, 6) is -1.05. The van der Waals surface area contributed by atoms with Gasteiger partial charge >= 0.3 is 0 Å². The van der Waals surface area contributed by atoms with Crippen LogP contribution in [-0.4, -0.2) is 43.9 Å². The zero-order valence-electron chi connectivity index (χ0n) is 16.6. The van der Waals surface area contributed by atoms with Crippen LogP contribution in [0.4, 0.5) is 15.9 Å². The lowest BCUT2D eigenvalue weighted by atomic mass is 9.93. The number of hydrogen-bond donors (Lipinski definition) is 2. The number of aromatic nitrogens is 4. The summed E-state index contributed by atoms with van der Waals surface area (Å²) in [5, 5.41) is 25.3. The Balaban J connectivity index is 1.52. The second-order valence-electron chi connectivity index (χ2n) is 7.41. The number of halogens is 1. The van der Waals surface area contributed by atoms with E-state index in [1.54, 1.807) is 29.2 Å². The number of nitrogens with zero attached hydrogens (tertiary/aromatic N) is 6. The van der Waals surface area contributed by atoms with E-state index in [9.17, 15) is 14.4 Å². The third-order valence-electron chi connectivity index (χ3n) is 5.28. The number of nitrogens with one attached hydrogen (secondary N) is 1. The number of nitrogens with two attached hydrogens (primary N) is 1. The minimum absolute atomic E-state index is 0.204. The van der Waals surface area contributed by atoms with Gasteiger partial charge in [-0.05, 0) is 42.8 Å². The fraction of sp³-hybridized carbons (Fsp3) is 0.286. The Bertz CT molecular complexity index is 1090. The number of carbonyl (C=O) groups excluding carboxylic acids is 1. The summed E-state index contributed by atoms with van der Waals surface area (Å²) in [7, 11) is 0. The first-order valence-electron chi connectivity index (χ1n) is 9.83. The second-order valence-corrected chi connectivity index (χ2v) is 7.41. The lowest BCUT2D eigenvalue weighted by molar-refractivity contribution is 0.100. The lowest BCUT2D eigenvalue weighted by Gasteiger charge is -2.35. The Hall–Kier alpha value is -3.84. The summed E-state index contributed by atoms with van der Waals surface area (Å²) in [5.41, 5.74) is 7.16. The van der Waals surface area contributed by atoms with Crippen LogP contribution in [0.1, 0.15) is 28.5 Å². The normalized spacial score (nSPS) is 19.0. The van der Waals surface area contributed by atoms with Crippen molar-refractivity contribution in [1.29, 1.82) is 5.26 Å². The highest BCUT2D eigenvalue weighted by atomic mass is 19.1. The number of carbonyl (C=O) groups is 1. The molecule has 1 aromatic carbocycles. The van der Waals surface area contributed by atoms with Crippen LogP contribution in [0.2, 0.25) is 0 Å². The fourth-order valence-electron chi connectivity index (χ4n) is 3.75. The Kier molecular flexibility index (Phi) is 5.86. The van der Waals surface area contributed by atoms with Crippen LogP contribution >= 0.6 is 0 Å². The van der Waals surface area contributed by atoms with Gasteiger partial charge < -0.3 is 11.1 Å². The summed E-state index contributed by atoms with van der Waals surface area (Å²) < 4.78 is 14.8. The Morgan fingerprint density at radius 3 is 2.81 bits per heavy atom. The molecule has 3 N–H and O–H groups in total. The zero-order chi connectivity index (χ0) is 21.8. The predicted molar refractivity (Wildman–Crippen MR) is 110 cm³/mol. The van der Waals surface area contributed by atoms with Gasteiger partial charge in [0.05, 0.1) is 23.7 Å².